The maximum Gasteiger partial charge on any atom is 0.221 e. The Kier molecular flexibility index (Phi) is 5.00. The second-order valence-corrected chi connectivity index (χ2v) is 5.57. The second kappa shape index (κ2) is 6.10. The molecule has 106 valence electrons. The lowest BCUT2D eigenvalue weighted by atomic mass is 9.82. The highest BCUT2D eigenvalue weighted by molar-refractivity contribution is 5.76. The van der Waals surface area contributed by atoms with Gasteiger partial charge in [0.2, 0.25) is 5.91 Å². The van der Waals surface area contributed by atoms with Crippen LogP contribution in [0.15, 0.2) is 18.2 Å². The van der Waals surface area contributed by atoms with Gasteiger partial charge < -0.3 is 11.1 Å². The van der Waals surface area contributed by atoms with E-state index in [2.05, 4.69) is 5.32 Å². The van der Waals surface area contributed by atoms with Crippen LogP contribution in [-0.4, -0.2) is 12.5 Å². The van der Waals surface area contributed by atoms with Crippen LogP contribution in [0.25, 0.3) is 0 Å². The highest BCUT2D eigenvalue weighted by atomic mass is 19.1. The van der Waals surface area contributed by atoms with Crippen molar-refractivity contribution in [2.45, 2.75) is 33.2 Å². The predicted molar refractivity (Wildman–Crippen MR) is 70.4 cm³/mol. The molecule has 1 aromatic rings. The molecule has 0 aliphatic rings. The van der Waals surface area contributed by atoms with E-state index in [1.165, 1.54) is 12.1 Å². The Hall–Kier alpha value is -1.49. The number of rotatable bonds is 4. The van der Waals surface area contributed by atoms with Crippen molar-refractivity contribution in [3.63, 3.8) is 0 Å². The van der Waals surface area contributed by atoms with Crippen molar-refractivity contribution in [1.82, 2.24) is 5.32 Å². The molecule has 1 unspecified atom stereocenters. The zero-order chi connectivity index (χ0) is 14.6. The summed E-state index contributed by atoms with van der Waals surface area (Å²) in [7, 11) is 0. The highest BCUT2D eigenvalue weighted by Crippen LogP contribution is 2.34. The number of hydrogen-bond acceptors (Lipinski definition) is 2. The van der Waals surface area contributed by atoms with Gasteiger partial charge in [0.05, 0.1) is 6.04 Å². The number of amides is 1. The van der Waals surface area contributed by atoms with Crippen molar-refractivity contribution >= 4 is 5.91 Å². The first-order chi connectivity index (χ1) is 8.75. The Morgan fingerprint density at radius 2 is 2.00 bits per heavy atom. The fraction of sp³-hybridized carbons (Fsp3) is 0.500. The summed E-state index contributed by atoms with van der Waals surface area (Å²) in [5.41, 5.74) is 5.20. The molecule has 0 aliphatic carbocycles. The number of halogens is 2. The van der Waals surface area contributed by atoms with Crippen LogP contribution >= 0.6 is 0 Å². The molecule has 1 amide bonds. The molecule has 0 saturated carbocycles. The van der Waals surface area contributed by atoms with E-state index in [1.54, 1.807) is 0 Å². The summed E-state index contributed by atoms with van der Waals surface area (Å²) in [5.74, 6) is -1.54. The van der Waals surface area contributed by atoms with Gasteiger partial charge in [-0.25, -0.2) is 8.78 Å². The van der Waals surface area contributed by atoms with E-state index in [4.69, 9.17) is 5.73 Å². The SMILES string of the molecule is CC(C)(C)C(NC(=O)CCN)c1ccc(F)cc1F. The van der Waals surface area contributed by atoms with Crippen LogP contribution in [0, 0.1) is 17.0 Å². The van der Waals surface area contributed by atoms with Gasteiger partial charge in [-0.1, -0.05) is 26.8 Å². The monoisotopic (exact) mass is 270 g/mol. The van der Waals surface area contributed by atoms with Gasteiger partial charge in [0, 0.05) is 24.6 Å². The Labute approximate surface area is 112 Å². The van der Waals surface area contributed by atoms with Crippen molar-refractivity contribution in [3.8, 4) is 0 Å². The molecule has 5 heteroatoms. The minimum Gasteiger partial charge on any atom is -0.349 e. The summed E-state index contributed by atoms with van der Waals surface area (Å²) in [6.07, 6.45) is 0.176. The Bertz CT molecular complexity index is 455. The minimum atomic E-state index is -0.659. The van der Waals surface area contributed by atoms with Crippen LogP contribution in [0.1, 0.15) is 38.8 Å². The molecule has 0 fully saturated rings. The van der Waals surface area contributed by atoms with Crippen LogP contribution in [0.2, 0.25) is 0 Å². The third-order valence-corrected chi connectivity index (χ3v) is 2.82. The molecular weight excluding hydrogens is 250 g/mol. The molecule has 1 aromatic carbocycles. The number of hydrogen-bond donors (Lipinski definition) is 2. The summed E-state index contributed by atoms with van der Waals surface area (Å²) < 4.78 is 26.8. The largest absolute Gasteiger partial charge is 0.349 e. The second-order valence-electron chi connectivity index (χ2n) is 5.57. The summed E-state index contributed by atoms with van der Waals surface area (Å²) >= 11 is 0. The maximum atomic E-state index is 13.9. The van der Waals surface area contributed by atoms with Gasteiger partial charge in [-0.3, -0.25) is 4.79 Å². The molecule has 0 aliphatic heterocycles. The zero-order valence-corrected chi connectivity index (χ0v) is 11.5. The van der Waals surface area contributed by atoms with Crippen molar-refractivity contribution in [2.75, 3.05) is 6.54 Å². The summed E-state index contributed by atoms with van der Waals surface area (Å²) in [5, 5.41) is 2.75. The predicted octanol–water partition coefficient (Wildman–Crippen LogP) is 2.52. The molecule has 0 spiro atoms. The first-order valence-corrected chi connectivity index (χ1v) is 6.20. The van der Waals surface area contributed by atoms with Gasteiger partial charge in [-0.2, -0.15) is 0 Å². The summed E-state index contributed by atoms with van der Waals surface area (Å²) in [4.78, 5) is 11.7. The third kappa shape index (κ3) is 4.28. The van der Waals surface area contributed by atoms with Crippen molar-refractivity contribution in [2.24, 2.45) is 11.1 Å². The summed E-state index contributed by atoms with van der Waals surface area (Å²) in [6, 6.07) is 2.84. The van der Waals surface area contributed by atoms with E-state index in [0.717, 1.165) is 6.07 Å². The Balaban J connectivity index is 3.07. The lowest BCUT2D eigenvalue weighted by Gasteiger charge is -2.32. The van der Waals surface area contributed by atoms with Crippen molar-refractivity contribution < 1.29 is 13.6 Å². The summed E-state index contributed by atoms with van der Waals surface area (Å²) in [6.45, 7) is 5.87. The number of carbonyl (C=O) groups is 1. The molecule has 3 nitrogen and oxygen atoms in total. The van der Waals surface area contributed by atoms with Gasteiger partial charge >= 0.3 is 0 Å². The quantitative estimate of drug-likeness (QED) is 0.883. The molecule has 3 N–H and O–H groups in total. The molecule has 0 bridgehead atoms. The van der Waals surface area contributed by atoms with Crippen LogP contribution in [0.3, 0.4) is 0 Å². The van der Waals surface area contributed by atoms with Crippen LogP contribution in [-0.2, 0) is 4.79 Å². The van der Waals surface area contributed by atoms with Crippen LogP contribution < -0.4 is 11.1 Å². The van der Waals surface area contributed by atoms with Crippen LogP contribution in [0.5, 0.6) is 0 Å². The van der Waals surface area contributed by atoms with Crippen molar-refractivity contribution in [1.29, 1.82) is 0 Å². The van der Waals surface area contributed by atoms with E-state index >= 15 is 0 Å². The molecule has 1 rings (SSSR count). The number of nitrogens with one attached hydrogen (secondary N) is 1. The maximum absolute atomic E-state index is 13.9. The van der Waals surface area contributed by atoms with E-state index in [9.17, 15) is 13.6 Å². The fourth-order valence-corrected chi connectivity index (χ4v) is 1.86. The van der Waals surface area contributed by atoms with Gasteiger partial charge in [0.1, 0.15) is 11.6 Å². The number of benzene rings is 1. The number of nitrogens with two attached hydrogens (primary N) is 1. The van der Waals surface area contributed by atoms with Gasteiger partial charge in [-0.15, -0.1) is 0 Å². The Morgan fingerprint density at radius 1 is 1.37 bits per heavy atom. The molecule has 0 saturated heterocycles. The van der Waals surface area contributed by atoms with Crippen LogP contribution in [0.4, 0.5) is 8.78 Å². The molecule has 0 heterocycles. The minimum absolute atomic E-state index is 0.176. The topological polar surface area (TPSA) is 55.1 Å². The Morgan fingerprint density at radius 3 is 2.47 bits per heavy atom. The lowest BCUT2D eigenvalue weighted by molar-refractivity contribution is -0.122. The van der Waals surface area contributed by atoms with E-state index in [1.807, 2.05) is 20.8 Å². The number of carbonyl (C=O) groups excluding carboxylic acids is 1. The zero-order valence-electron chi connectivity index (χ0n) is 11.5. The first-order valence-electron chi connectivity index (χ1n) is 6.20. The van der Waals surface area contributed by atoms with E-state index in [-0.39, 0.29) is 24.4 Å². The van der Waals surface area contributed by atoms with Gasteiger partial charge in [0.25, 0.3) is 0 Å². The normalized spacial score (nSPS) is 13.2. The lowest BCUT2D eigenvalue weighted by Crippen LogP contribution is -2.37. The van der Waals surface area contributed by atoms with Gasteiger partial charge in [0.15, 0.2) is 0 Å². The third-order valence-electron chi connectivity index (χ3n) is 2.82. The molecule has 0 aromatic heterocycles. The fourth-order valence-electron chi connectivity index (χ4n) is 1.86. The first kappa shape index (κ1) is 15.6. The van der Waals surface area contributed by atoms with Gasteiger partial charge in [-0.05, 0) is 11.5 Å². The van der Waals surface area contributed by atoms with E-state index < -0.39 is 23.1 Å². The highest BCUT2D eigenvalue weighted by Gasteiger charge is 2.29. The molecule has 1 atom stereocenters. The smallest absolute Gasteiger partial charge is 0.221 e. The average Bonchev–Trinajstić information content (AvgIpc) is 2.25. The van der Waals surface area contributed by atoms with Crippen molar-refractivity contribution in [3.05, 3.63) is 35.4 Å². The molecule has 0 radical (unpaired) electrons. The molecule has 19 heavy (non-hydrogen) atoms. The average molecular weight is 270 g/mol. The molecular formula is C14H20F2N2O. The van der Waals surface area contributed by atoms with E-state index in [0.29, 0.717) is 0 Å². The standard InChI is InChI=1S/C14H20F2N2O/c1-14(2,3)13(18-12(19)6-7-17)10-5-4-9(15)8-11(10)16/h4-5,8,13H,6-7,17H2,1-3H3,(H,18,19).